The zero-order valence-electron chi connectivity index (χ0n) is 21.9. The van der Waals surface area contributed by atoms with E-state index in [9.17, 15) is 9.59 Å². The van der Waals surface area contributed by atoms with Crippen LogP contribution in [0.2, 0.25) is 10.0 Å². The molecule has 1 aromatic heterocycles. The van der Waals surface area contributed by atoms with Crippen LogP contribution in [0.1, 0.15) is 55.8 Å². The number of H-pyrrole nitrogens is 1. The molecule has 0 bridgehead atoms. The molecule has 1 amide bonds. The van der Waals surface area contributed by atoms with Crippen LogP contribution in [0.5, 0.6) is 5.75 Å². The normalized spacial score (nSPS) is 14.5. The minimum atomic E-state index is -0.107. The Kier molecular flexibility index (Phi) is 9.94. The molecular formula is C29H35Cl2N3O4. The van der Waals surface area contributed by atoms with Crippen LogP contribution >= 0.6 is 23.2 Å². The molecule has 0 unspecified atom stereocenters. The van der Waals surface area contributed by atoms with Gasteiger partial charge in [-0.15, -0.1) is 0 Å². The van der Waals surface area contributed by atoms with Gasteiger partial charge in [0.1, 0.15) is 5.75 Å². The van der Waals surface area contributed by atoms with E-state index in [1.807, 2.05) is 31.2 Å². The number of carbonyl (C=O) groups is 2. The lowest BCUT2D eigenvalue weighted by Gasteiger charge is -2.32. The number of aromatic amines is 1. The number of piperidine rings is 1. The first-order valence-corrected chi connectivity index (χ1v) is 14.0. The van der Waals surface area contributed by atoms with Gasteiger partial charge in [-0.2, -0.15) is 0 Å². The average Bonchev–Trinajstić information content (AvgIpc) is 3.31. The average molecular weight is 561 g/mol. The number of amides is 1. The molecule has 2 aromatic carbocycles. The van der Waals surface area contributed by atoms with Crippen molar-refractivity contribution in [1.29, 1.82) is 0 Å². The van der Waals surface area contributed by atoms with Gasteiger partial charge in [-0.3, -0.25) is 9.59 Å². The number of fused-ring (bicyclic) bond motifs is 1. The van der Waals surface area contributed by atoms with E-state index in [2.05, 4.69) is 15.2 Å². The lowest BCUT2D eigenvalue weighted by molar-refractivity contribution is -0.143. The number of unbranched alkanes of at least 4 members (excludes halogenated alkanes) is 2. The lowest BCUT2D eigenvalue weighted by Crippen LogP contribution is -2.44. The molecule has 3 aromatic rings. The van der Waals surface area contributed by atoms with E-state index < -0.39 is 0 Å². The fourth-order valence-corrected chi connectivity index (χ4v) is 5.25. The molecule has 9 heteroatoms. The van der Waals surface area contributed by atoms with Crippen LogP contribution in [-0.4, -0.2) is 61.2 Å². The fraction of sp³-hybridized carbons (Fsp3) is 0.448. The number of nitrogens with zero attached hydrogens (tertiary/aromatic N) is 1. The Bertz CT molecular complexity index is 1230. The number of rotatable bonds is 11. The fourth-order valence-electron chi connectivity index (χ4n) is 4.91. The predicted molar refractivity (Wildman–Crippen MR) is 152 cm³/mol. The third kappa shape index (κ3) is 7.22. The monoisotopic (exact) mass is 559 g/mol. The van der Waals surface area contributed by atoms with Crippen LogP contribution in [-0.2, 0) is 9.53 Å². The minimum Gasteiger partial charge on any atom is -0.496 e. The lowest BCUT2D eigenvalue weighted by atomic mass is 10.0. The highest BCUT2D eigenvalue weighted by Gasteiger charge is 2.22. The third-order valence-electron chi connectivity index (χ3n) is 7.00. The molecule has 0 aliphatic carbocycles. The second-order valence-corrected chi connectivity index (χ2v) is 10.5. The molecule has 0 radical (unpaired) electrons. The van der Waals surface area contributed by atoms with Gasteiger partial charge in [0.15, 0.2) is 0 Å². The highest BCUT2D eigenvalue weighted by atomic mass is 35.5. The van der Waals surface area contributed by atoms with Crippen LogP contribution in [0.25, 0.3) is 22.2 Å². The van der Waals surface area contributed by atoms with E-state index in [1.165, 1.54) is 0 Å². The number of benzene rings is 2. The Morgan fingerprint density at radius 3 is 2.55 bits per heavy atom. The molecule has 7 nitrogen and oxygen atoms in total. The second-order valence-electron chi connectivity index (χ2n) is 9.66. The SMILES string of the molecule is CCOC(=O)CCCCCN1CCC(NC(=O)c2ccc(-c3cc4cc(Cl)c(Cl)cc4[nH]3)c(OC)c2)CC1. The summed E-state index contributed by atoms with van der Waals surface area (Å²) in [6.07, 6.45) is 5.30. The maximum atomic E-state index is 13.0. The molecule has 0 spiro atoms. The van der Waals surface area contributed by atoms with Crippen molar-refractivity contribution in [3.05, 3.63) is 52.0 Å². The molecule has 0 saturated carbocycles. The van der Waals surface area contributed by atoms with Gasteiger partial charge in [0.2, 0.25) is 0 Å². The molecule has 4 rings (SSSR count). The summed E-state index contributed by atoms with van der Waals surface area (Å²) in [5, 5.41) is 5.13. The van der Waals surface area contributed by atoms with E-state index >= 15 is 0 Å². The molecule has 2 N–H and O–H groups in total. The molecule has 204 valence electrons. The molecule has 0 atom stereocenters. The summed E-state index contributed by atoms with van der Waals surface area (Å²) in [4.78, 5) is 30.2. The summed E-state index contributed by atoms with van der Waals surface area (Å²) < 4.78 is 10.6. The van der Waals surface area contributed by atoms with Crippen LogP contribution < -0.4 is 10.1 Å². The topological polar surface area (TPSA) is 83.7 Å². The van der Waals surface area contributed by atoms with Crippen molar-refractivity contribution in [2.45, 2.75) is 51.5 Å². The van der Waals surface area contributed by atoms with Gasteiger partial charge in [0.25, 0.3) is 5.91 Å². The minimum absolute atomic E-state index is 0.0949. The first-order chi connectivity index (χ1) is 18.4. The molecular weight excluding hydrogens is 525 g/mol. The highest BCUT2D eigenvalue weighted by molar-refractivity contribution is 6.42. The zero-order valence-corrected chi connectivity index (χ0v) is 23.5. The summed E-state index contributed by atoms with van der Waals surface area (Å²) in [5.41, 5.74) is 3.15. The third-order valence-corrected chi connectivity index (χ3v) is 7.72. The summed E-state index contributed by atoms with van der Waals surface area (Å²) in [6.45, 7) is 5.21. The maximum absolute atomic E-state index is 13.0. The van der Waals surface area contributed by atoms with Gasteiger partial charge in [-0.05, 0) is 75.5 Å². The van der Waals surface area contributed by atoms with E-state index in [1.54, 1.807) is 19.2 Å². The number of esters is 1. The summed E-state index contributed by atoms with van der Waals surface area (Å²) in [5.74, 6) is 0.409. The molecule has 1 aliphatic heterocycles. The first kappa shape index (κ1) is 28.3. The molecule has 1 fully saturated rings. The summed E-state index contributed by atoms with van der Waals surface area (Å²) >= 11 is 12.3. The van der Waals surface area contributed by atoms with E-state index in [0.717, 1.165) is 73.9 Å². The number of nitrogens with one attached hydrogen (secondary N) is 2. The van der Waals surface area contributed by atoms with Crippen molar-refractivity contribution in [3.8, 4) is 17.0 Å². The Labute approximate surface area is 233 Å². The number of aromatic nitrogens is 1. The van der Waals surface area contributed by atoms with Gasteiger partial charge in [-0.25, -0.2) is 0 Å². The number of hydrogen-bond acceptors (Lipinski definition) is 5. The van der Waals surface area contributed by atoms with Gasteiger partial charge in [-0.1, -0.05) is 29.6 Å². The standard InChI is InChI=1S/C29H35Cl2N3O4/c1-3-38-28(35)7-5-4-6-12-34-13-10-21(11-14-34)32-29(36)19-8-9-22(27(17-19)37-2)26-16-20-15-23(30)24(31)18-25(20)33-26/h8-9,15-18,21,33H,3-7,10-14H2,1-2H3,(H,32,36). The summed E-state index contributed by atoms with van der Waals surface area (Å²) in [6, 6.07) is 11.3. The molecule has 2 heterocycles. The molecule has 38 heavy (non-hydrogen) atoms. The van der Waals surface area contributed by atoms with Gasteiger partial charge >= 0.3 is 5.97 Å². The van der Waals surface area contributed by atoms with E-state index in [-0.39, 0.29) is 17.9 Å². The smallest absolute Gasteiger partial charge is 0.305 e. The Morgan fingerprint density at radius 2 is 1.82 bits per heavy atom. The Hall–Kier alpha value is -2.74. The van der Waals surface area contributed by atoms with Crippen molar-refractivity contribution >= 4 is 46.0 Å². The van der Waals surface area contributed by atoms with Crippen molar-refractivity contribution in [3.63, 3.8) is 0 Å². The van der Waals surface area contributed by atoms with E-state index in [4.69, 9.17) is 32.7 Å². The summed E-state index contributed by atoms with van der Waals surface area (Å²) in [7, 11) is 1.60. The Morgan fingerprint density at radius 1 is 1.05 bits per heavy atom. The van der Waals surface area contributed by atoms with Crippen LogP contribution in [0.4, 0.5) is 0 Å². The highest BCUT2D eigenvalue weighted by Crippen LogP contribution is 2.35. The quantitative estimate of drug-likeness (QED) is 0.208. The Balaban J connectivity index is 1.28. The maximum Gasteiger partial charge on any atom is 0.305 e. The van der Waals surface area contributed by atoms with Gasteiger partial charge < -0.3 is 24.7 Å². The van der Waals surface area contributed by atoms with Crippen LogP contribution in [0.3, 0.4) is 0 Å². The number of likely N-dealkylation sites (tertiary alicyclic amines) is 1. The second kappa shape index (κ2) is 13.4. The van der Waals surface area contributed by atoms with Gasteiger partial charge in [0.05, 0.1) is 29.5 Å². The molecule has 1 saturated heterocycles. The van der Waals surface area contributed by atoms with Crippen molar-refractivity contribution in [1.82, 2.24) is 15.2 Å². The number of halogens is 2. The number of ether oxygens (including phenoxy) is 2. The molecule has 1 aliphatic rings. The van der Waals surface area contributed by atoms with E-state index in [0.29, 0.717) is 34.4 Å². The number of methoxy groups -OCH3 is 1. The largest absolute Gasteiger partial charge is 0.496 e. The van der Waals surface area contributed by atoms with Crippen molar-refractivity contribution < 1.29 is 19.1 Å². The van der Waals surface area contributed by atoms with Crippen LogP contribution in [0.15, 0.2) is 36.4 Å². The predicted octanol–water partition coefficient (Wildman–Crippen LogP) is 6.47. The number of carbonyl (C=O) groups excluding carboxylic acids is 2. The number of hydrogen-bond donors (Lipinski definition) is 2. The van der Waals surface area contributed by atoms with Crippen molar-refractivity contribution in [2.24, 2.45) is 0 Å². The van der Waals surface area contributed by atoms with Crippen molar-refractivity contribution in [2.75, 3.05) is 33.4 Å². The first-order valence-electron chi connectivity index (χ1n) is 13.2. The van der Waals surface area contributed by atoms with Gasteiger partial charge in [0, 0.05) is 47.6 Å². The zero-order chi connectivity index (χ0) is 27.1. The van der Waals surface area contributed by atoms with Crippen LogP contribution in [0, 0.1) is 0 Å².